The van der Waals surface area contributed by atoms with E-state index in [0.29, 0.717) is 18.8 Å². The van der Waals surface area contributed by atoms with Crippen LogP contribution in [0.1, 0.15) is 33.6 Å². The van der Waals surface area contributed by atoms with E-state index in [0.717, 1.165) is 24.1 Å². The SMILES string of the molecule is CCCN(CC(O)C1=CCC(C)=C(N)N=C1)[C@@H](C)CO. The molecule has 0 aromatic heterocycles. The van der Waals surface area contributed by atoms with E-state index in [1.165, 1.54) is 0 Å². The monoisotopic (exact) mass is 281 g/mol. The predicted molar refractivity (Wildman–Crippen MR) is 82.5 cm³/mol. The van der Waals surface area contributed by atoms with Crippen LogP contribution >= 0.6 is 0 Å². The summed E-state index contributed by atoms with van der Waals surface area (Å²) in [6.07, 6.45) is 4.69. The minimum Gasteiger partial charge on any atom is -0.395 e. The van der Waals surface area contributed by atoms with E-state index >= 15 is 0 Å². The van der Waals surface area contributed by atoms with Gasteiger partial charge in [-0.1, -0.05) is 13.0 Å². The van der Waals surface area contributed by atoms with Crippen LogP contribution in [0.2, 0.25) is 0 Å². The molecular weight excluding hydrogens is 254 g/mol. The number of aliphatic hydroxyl groups excluding tert-OH is 2. The first-order valence-electron chi connectivity index (χ1n) is 7.21. The molecular formula is C15H27N3O2. The third-order valence-electron chi connectivity index (χ3n) is 3.62. The van der Waals surface area contributed by atoms with Crippen molar-refractivity contribution in [2.24, 2.45) is 10.7 Å². The first kappa shape index (κ1) is 16.9. The second-order valence-electron chi connectivity index (χ2n) is 5.37. The summed E-state index contributed by atoms with van der Waals surface area (Å²) in [6, 6.07) is 0.0397. The zero-order chi connectivity index (χ0) is 15.1. The molecule has 0 aromatic carbocycles. The highest BCUT2D eigenvalue weighted by molar-refractivity contribution is 5.81. The van der Waals surface area contributed by atoms with Crippen molar-refractivity contribution in [1.82, 2.24) is 4.90 Å². The summed E-state index contributed by atoms with van der Waals surface area (Å²) >= 11 is 0. The molecule has 0 amide bonds. The summed E-state index contributed by atoms with van der Waals surface area (Å²) in [4.78, 5) is 6.25. The van der Waals surface area contributed by atoms with Gasteiger partial charge >= 0.3 is 0 Å². The van der Waals surface area contributed by atoms with Crippen LogP contribution in [0, 0.1) is 0 Å². The Balaban J connectivity index is 2.70. The maximum absolute atomic E-state index is 10.4. The summed E-state index contributed by atoms with van der Waals surface area (Å²) in [5.74, 6) is 0.526. The van der Waals surface area contributed by atoms with Gasteiger partial charge < -0.3 is 15.9 Å². The Hall–Kier alpha value is -1.17. The van der Waals surface area contributed by atoms with E-state index in [-0.39, 0.29) is 12.6 Å². The smallest absolute Gasteiger partial charge is 0.122 e. The maximum Gasteiger partial charge on any atom is 0.122 e. The lowest BCUT2D eigenvalue weighted by atomic mass is 10.1. The van der Waals surface area contributed by atoms with Gasteiger partial charge in [0.2, 0.25) is 0 Å². The lowest BCUT2D eigenvalue weighted by Crippen LogP contribution is -2.42. The summed E-state index contributed by atoms with van der Waals surface area (Å²) in [5.41, 5.74) is 7.58. The molecule has 5 nitrogen and oxygen atoms in total. The summed E-state index contributed by atoms with van der Waals surface area (Å²) in [7, 11) is 0. The van der Waals surface area contributed by atoms with Crippen molar-refractivity contribution in [2.45, 2.75) is 45.8 Å². The normalized spacial score (nSPS) is 19.0. The lowest BCUT2D eigenvalue weighted by molar-refractivity contribution is 0.0861. The molecule has 4 N–H and O–H groups in total. The highest BCUT2D eigenvalue weighted by atomic mass is 16.3. The zero-order valence-electron chi connectivity index (χ0n) is 12.7. The van der Waals surface area contributed by atoms with Gasteiger partial charge in [-0.25, -0.2) is 4.99 Å². The number of aliphatic hydroxyl groups is 2. The van der Waals surface area contributed by atoms with Crippen molar-refractivity contribution in [1.29, 1.82) is 0 Å². The Kier molecular flexibility index (Phi) is 6.91. The van der Waals surface area contributed by atoms with E-state index in [1.807, 2.05) is 19.9 Å². The number of nitrogens with zero attached hydrogens (tertiary/aromatic N) is 2. The molecule has 2 atom stereocenters. The molecule has 0 aromatic rings. The molecule has 5 heteroatoms. The van der Waals surface area contributed by atoms with E-state index in [9.17, 15) is 10.2 Å². The Morgan fingerprint density at radius 3 is 2.80 bits per heavy atom. The van der Waals surface area contributed by atoms with E-state index in [2.05, 4.69) is 16.8 Å². The van der Waals surface area contributed by atoms with Gasteiger partial charge in [-0.3, -0.25) is 4.90 Å². The predicted octanol–water partition coefficient (Wildman–Crippen LogP) is 1.03. The average Bonchev–Trinajstić information content (AvgIpc) is 2.60. The first-order chi connectivity index (χ1) is 9.49. The highest BCUT2D eigenvalue weighted by Crippen LogP contribution is 2.15. The van der Waals surface area contributed by atoms with Gasteiger partial charge in [0.15, 0.2) is 0 Å². The third-order valence-corrected chi connectivity index (χ3v) is 3.62. The third kappa shape index (κ3) is 4.74. The van der Waals surface area contributed by atoms with Crippen molar-refractivity contribution in [3.63, 3.8) is 0 Å². The number of aliphatic imine (C=N–C) groups is 1. The maximum atomic E-state index is 10.4. The van der Waals surface area contributed by atoms with Crippen molar-refractivity contribution in [3.8, 4) is 0 Å². The fourth-order valence-corrected chi connectivity index (χ4v) is 2.13. The molecule has 0 radical (unpaired) electrons. The number of nitrogens with two attached hydrogens (primary N) is 1. The molecule has 114 valence electrons. The number of rotatable bonds is 7. The van der Waals surface area contributed by atoms with Crippen LogP contribution in [-0.2, 0) is 0 Å². The van der Waals surface area contributed by atoms with Gasteiger partial charge in [0.25, 0.3) is 0 Å². The van der Waals surface area contributed by atoms with Crippen LogP contribution < -0.4 is 5.73 Å². The van der Waals surface area contributed by atoms with Gasteiger partial charge in [0.05, 0.1) is 12.7 Å². The van der Waals surface area contributed by atoms with E-state index in [4.69, 9.17) is 5.73 Å². The summed E-state index contributed by atoms with van der Waals surface area (Å²) in [5, 5.41) is 19.7. The lowest BCUT2D eigenvalue weighted by Gasteiger charge is -2.29. The molecule has 0 spiro atoms. The second-order valence-corrected chi connectivity index (χ2v) is 5.37. The van der Waals surface area contributed by atoms with Crippen molar-refractivity contribution in [3.05, 3.63) is 23.0 Å². The number of hydrogen-bond donors (Lipinski definition) is 3. The highest BCUT2D eigenvalue weighted by Gasteiger charge is 2.19. The fraction of sp³-hybridized carbons (Fsp3) is 0.667. The molecule has 1 aliphatic rings. The van der Waals surface area contributed by atoms with E-state index in [1.54, 1.807) is 6.21 Å². The Morgan fingerprint density at radius 1 is 1.50 bits per heavy atom. The first-order valence-corrected chi connectivity index (χ1v) is 7.21. The zero-order valence-corrected chi connectivity index (χ0v) is 12.7. The minimum atomic E-state index is -0.613. The molecule has 0 aliphatic carbocycles. The van der Waals surface area contributed by atoms with Gasteiger partial charge in [0, 0.05) is 18.8 Å². The molecule has 1 aliphatic heterocycles. The van der Waals surface area contributed by atoms with Crippen molar-refractivity contribution >= 4 is 6.21 Å². The topological polar surface area (TPSA) is 82.1 Å². The molecule has 1 heterocycles. The molecule has 0 bridgehead atoms. The van der Waals surface area contributed by atoms with Gasteiger partial charge in [-0.05, 0) is 44.4 Å². The van der Waals surface area contributed by atoms with Crippen LogP contribution in [-0.4, -0.2) is 53.2 Å². The molecule has 0 saturated heterocycles. The fourth-order valence-electron chi connectivity index (χ4n) is 2.13. The standard InChI is InChI=1S/C15H27N3O2/c1-4-7-18(12(3)10-19)9-14(20)13-6-5-11(2)15(16)17-8-13/h6,8,12,14,19-20H,4-5,7,9-10,16H2,1-3H3/t12-,14?/m0/s1. The Labute approximate surface area is 121 Å². The van der Waals surface area contributed by atoms with Gasteiger partial charge in [-0.2, -0.15) is 0 Å². The van der Waals surface area contributed by atoms with Gasteiger partial charge in [0.1, 0.15) is 5.82 Å². The van der Waals surface area contributed by atoms with Crippen LogP contribution in [0.25, 0.3) is 0 Å². The molecule has 0 fully saturated rings. The molecule has 1 rings (SSSR count). The van der Waals surface area contributed by atoms with Crippen LogP contribution in [0.4, 0.5) is 0 Å². The molecule has 20 heavy (non-hydrogen) atoms. The minimum absolute atomic E-state index is 0.0397. The van der Waals surface area contributed by atoms with Crippen LogP contribution in [0.3, 0.4) is 0 Å². The second kappa shape index (κ2) is 8.19. The number of allylic oxidation sites excluding steroid dienone is 2. The molecule has 0 saturated carbocycles. The van der Waals surface area contributed by atoms with Gasteiger partial charge in [-0.15, -0.1) is 0 Å². The molecule has 1 unspecified atom stereocenters. The quantitative estimate of drug-likeness (QED) is 0.651. The number of hydrogen-bond acceptors (Lipinski definition) is 5. The Morgan fingerprint density at radius 2 is 2.20 bits per heavy atom. The van der Waals surface area contributed by atoms with Crippen molar-refractivity contribution < 1.29 is 10.2 Å². The Bertz CT molecular complexity index is 402. The van der Waals surface area contributed by atoms with E-state index < -0.39 is 6.10 Å². The largest absolute Gasteiger partial charge is 0.395 e. The van der Waals surface area contributed by atoms with Crippen LogP contribution in [0.5, 0.6) is 0 Å². The van der Waals surface area contributed by atoms with Crippen LogP contribution in [0.15, 0.2) is 28.0 Å². The summed E-state index contributed by atoms with van der Waals surface area (Å²) in [6.45, 7) is 7.42. The average molecular weight is 281 g/mol. The van der Waals surface area contributed by atoms with Crippen molar-refractivity contribution in [2.75, 3.05) is 19.7 Å². The summed E-state index contributed by atoms with van der Waals surface area (Å²) < 4.78 is 0.